The van der Waals surface area contributed by atoms with Crippen LogP contribution in [-0.2, 0) is 14.8 Å². The summed E-state index contributed by atoms with van der Waals surface area (Å²) in [5, 5.41) is 3.66. The van der Waals surface area contributed by atoms with Crippen LogP contribution in [0.5, 0.6) is 0 Å². The van der Waals surface area contributed by atoms with Gasteiger partial charge in [-0.2, -0.15) is 4.31 Å². The fraction of sp³-hybridized carbons (Fsp3) is 0.240. The first kappa shape index (κ1) is 23.4. The number of piperazine rings is 1. The van der Waals surface area contributed by atoms with Crippen LogP contribution in [0.1, 0.15) is 17.2 Å². The number of halogens is 1. The molecular formula is C25H27ClN3O3S+. The third-order valence-corrected chi connectivity index (χ3v) is 8.03. The van der Waals surface area contributed by atoms with Gasteiger partial charge in [-0.05, 0) is 35.4 Å². The molecule has 0 saturated carbocycles. The maximum atomic E-state index is 12.9. The highest BCUT2D eigenvalue weighted by molar-refractivity contribution is 7.89. The number of benzene rings is 3. The second-order valence-corrected chi connectivity index (χ2v) is 10.5. The molecule has 4 rings (SSSR count). The van der Waals surface area contributed by atoms with Gasteiger partial charge in [0.2, 0.25) is 10.0 Å². The lowest BCUT2D eigenvalue weighted by Crippen LogP contribution is -3.15. The molecule has 0 aliphatic carbocycles. The molecular weight excluding hydrogens is 458 g/mol. The van der Waals surface area contributed by atoms with E-state index in [4.69, 9.17) is 11.6 Å². The average Bonchev–Trinajstić information content (AvgIpc) is 2.84. The van der Waals surface area contributed by atoms with Crippen molar-refractivity contribution in [3.63, 3.8) is 0 Å². The Hall–Kier alpha value is -2.71. The summed E-state index contributed by atoms with van der Waals surface area (Å²) in [6.07, 6.45) is 0. The molecule has 0 radical (unpaired) electrons. The number of nitrogens with zero attached hydrogens (tertiary/aromatic N) is 1. The summed E-state index contributed by atoms with van der Waals surface area (Å²) >= 11 is 5.88. The Balaban J connectivity index is 1.37. The van der Waals surface area contributed by atoms with Gasteiger partial charge in [-0.15, -0.1) is 0 Å². The van der Waals surface area contributed by atoms with Gasteiger partial charge >= 0.3 is 0 Å². The highest BCUT2D eigenvalue weighted by Crippen LogP contribution is 2.21. The molecule has 1 fully saturated rings. The van der Waals surface area contributed by atoms with Crippen LogP contribution < -0.4 is 10.2 Å². The van der Waals surface area contributed by atoms with Crippen molar-refractivity contribution in [2.45, 2.75) is 10.9 Å². The minimum Gasteiger partial charge on any atom is -0.340 e. The van der Waals surface area contributed by atoms with E-state index in [1.54, 1.807) is 12.1 Å². The number of carbonyl (C=O) groups excluding carboxylic acids is 1. The lowest BCUT2D eigenvalue weighted by atomic mass is 9.99. The number of rotatable bonds is 7. The lowest BCUT2D eigenvalue weighted by molar-refractivity contribution is -0.895. The number of nitrogens with one attached hydrogen (secondary N) is 2. The van der Waals surface area contributed by atoms with Crippen molar-refractivity contribution in [2.75, 3.05) is 32.7 Å². The van der Waals surface area contributed by atoms with E-state index < -0.39 is 10.0 Å². The summed E-state index contributed by atoms with van der Waals surface area (Å²) in [6.45, 7) is 2.18. The summed E-state index contributed by atoms with van der Waals surface area (Å²) in [5.74, 6) is -0.0586. The van der Waals surface area contributed by atoms with E-state index in [1.807, 2.05) is 60.7 Å². The highest BCUT2D eigenvalue weighted by atomic mass is 35.5. The van der Waals surface area contributed by atoms with Gasteiger partial charge in [0.15, 0.2) is 6.54 Å². The smallest absolute Gasteiger partial charge is 0.275 e. The van der Waals surface area contributed by atoms with Gasteiger partial charge in [0.1, 0.15) is 0 Å². The Morgan fingerprint density at radius 3 is 1.91 bits per heavy atom. The Kier molecular flexibility index (Phi) is 7.45. The molecule has 1 aliphatic rings. The second-order valence-electron chi connectivity index (χ2n) is 8.11. The first-order valence-corrected chi connectivity index (χ1v) is 12.7. The molecule has 0 unspecified atom stereocenters. The van der Waals surface area contributed by atoms with Crippen molar-refractivity contribution in [1.82, 2.24) is 9.62 Å². The molecule has 0 aromatic heterocycles. The zero-order chi connectivity index (χ0) is 23.3. The number of sulfonamides is 1. The quantitative estimate of drug-likeness (QED) is 0.539. The van der Waals surface area contributed by atoms with Crippen LogP contribution in [0.4, 0.5) is 0 Å². The second kappa shape index (κ2) is 10.5. The third-order valence-electron chi connectivity index (χ3n) is 5.86. The number of hydrogen-bond donors (Lipinski definition) is 2. The van der Waals surface area contributed by atoms with Crippen LogP contribution in [-0.4, -0.2) is 51.4 Å². The van der Waals surface area contributed by atoms with Gasteiger partial charge < -0.3 is 10.2 Å². The topological polar surface area (TPSA) is 70.9 Å². The summed E-state index contributed by atoms with van der Waals surface area (Å²) in [5.41, 5.74) is 2.04. The van der Waals surface area contributed by atoms with Crippen molar-refractivity contribution in [3.05, 3.63) is 101 Å². The highest BCUT2D eigenvalue weighted by Gasteiger charge is 2.31. The molecule has 2 N–H and O–H groups in total. The number of amides is 1. The molecule has 0 spiro atoms. The van der Waals surface area contributed by atoms with Crippen LogP contribution in [0.2, 0.25) is 5.02 Å². The van der Waals surface area contributed by atoms with Crippen molar-refractivity contribution in [1.29, 1.82) is 0 Å². The van der Waals surface area contributed by atoms with Crippen LogP contribution in [0, 0.1) is 0 Å². The van der Waals surface area contributed by atoms with E-state index in [1.165, 1.54) is 16.4 Å². The maximum Gasteiger partial charge on any atom is 0.275 e. The lowest BCUT2D eigenvalue weighted by Gasteiger charge is -2.31. The normalized spacial score (nSPS) is 15.5. The molecule has 0 bridgehead atoms. The average molecular weight is 485 g/mol. The molecule has 8 heteroatoms. The van der Waals surface area contributed by atoms with E-state index >= 15 is 0 Å². The molecule has 6 nitrogen and oxygen atoms in total. The Morgan fingerprint density at radius 2 is 1.39 bits per heavy atom. The zero-order valence-corrected chi connectivity index (χ0v) is 19.7. The van der Waals surface area contributed by atoms with Gasteiger partial charge in [0.25, 0.3) is 5.91 Å². The minimum absolute atomic E-state index is 0.0586. The first-order chi connectivity index (χ1) is 15.9. The van der Waals surface area contributed by atoms with Crippen LogP contribution in [0.15, 0.2) is 89.8 Å². The molecule has 0 atom stereocenters. The minimum atomic E-state index is -3.56. The molecule has 3 aromatic rings. The summed E-state index contributed by atoms with van der Waals surface area (Å²) in [4.78, 5) is 14.2. The van der Waals surface area contributed by atoms with Crippen molar-refractivity contribution in [2.24, 2.45) is 0 Å². The molecule has 172 valence electrons. The molecule has 1 saturated heterocycles. The fourth-order valence-corrected chi connectivity index (χ4v) is 5.63. The van der Waals surface area contributed by atoms with Crippen molar-refractivity contribution < 1.29 is 18.1 Å². The SMILES string of the molecule is O=C(C[NH+]1CCN(S(=O)(=O)c2ccc(Cl)cc2)CC1)NC(c1ccccc1)c1ccccc1. The summed E-state index contributed by atoms with van der Waals surface area (Å²) in [7, 11) is -3.56. The van der Waals surface area contributed by atoms with Gasteiger partial charge in [0.05, 0.1) is 37.1 Å². The maximum absolute atomic E-state index is 12.9. The van der Waals surface area contributed by atoms with Gasteiger partial charge in [-0.3, -0.25) is 4.79 Å². The van der Waals surface area contributed by atoms with Gasteiger partial charge in [0, 0.05) is 5.02 Å². The molecule has 3 aromatic carbocycles. The van der Waals surface area contributed by atoms with E-state index in [0.717, 1.165) is 16.0 Å². The van der Waals surface area contributed by atoms with Gasteiger partial charge in [-0.1, -0.05) is 72.3 Å². The zero-order valence-electron chi connectivity index (χ0n) is 18.2. The van der Waals surface area contributed by atoms with Crippen molar-refractivity contribution in [3.8, 4) is 0 Å². The molecule has 1 aliphatic heterocycles. The van der Waals surface area contributed by atoms with E-state index in [2.05, 4.69) is 5.32 Å². The monoisotopic (exact) mass is 484 g/mol. The number of quaternary nitrogens is 1. The van der Waals surface area contributed by atoms with Crippen LogP contribution in [0.3, 0.4) is 0 Å². The Bertz CT molecular complexity index is 1130. The fourth-order valence-electron chi connectivity index (χ4n) is 4.06. The first-order valence-electron chi connectivity index (χ1n) is 10.9. The number of hydrogen-bond acceptors (Lipinski definition) is 3. The van der Waals surface area contributed by atoms with Crippen LogP contribution >= 0.6 is 11.6 Å². The third kappa shape index (κ3) is 5.81. The van der Waals surface area contributed by atoms with E-state index in [-0.39, 0.29) is 16.8 Å². The molecule has 1 amide bonds. The Labute approximate surface area is 199 Å². The summed E-state index contributed by atoms with van der Waals surface area (Å²) in [6, 6.07) is 25.8. The van der Waals surface area contributed by atoms with E-state index in [0.29, 0.717) is 37.7 Å². The van der Waals surface area contributed by atoms with Crippen LogP contribution in [0.25, 0.3) is 0 Å². The standard InChI is InChI=1S/C25H26ClN3O3S/c26-22-11-13-23(14-12-22)33(31,32)29-17-15-28(16-18-29)19-24(30)27-25(20-7-3-1-4-8-20)21-9-5-2-6-10-21/h1-14,25H,15-19H2,(H,27,30)/p+1. The predicted molar refractivity (Wildman–Crippen MR) is 129 cm³/mol. The Morgan fingerprint density at radius 1 is 0.879 bits per heavy atom. The number of carbonyl (C=O) groups is 1. The molecule has 33 heavy (non-hydrogen) atoms. The molecule has 1 heterocycles. The predicted octanol–water partition coefficient (Wildman–Crippen LogP) is 2.14. The van der Waals surface area contributed by atoms with Crippen molar-refractivity contribution >= 4 is 27.5 Å². The van der Waals surface area contributed by atoms with Gasteiger partial charge in [-0.25, -0.2) is 8.42 Å². The largest absolute Gasteiger partial charge is 0.340 e. The van der Waals surface area contributed by atoms with E-state index in [9.17, 15) is 13.2 Å². The summed E-state index contributed by atoms with van der Waals surface area (Å²) < 4.78 is 27.2.